The summed E-state index contributed by atoms with van der Waals surface area (Å²) in [5.74, 6) is 1.86. The Morgan fingerprint density at radius 1 is 1.04 bits per heavy atom. The van der Waals surface area contributed by atoms with Gasteiger partial charge in [0.1, 0.15) is 0 Å². The van der Waals surface area contributed by atoms with Crippen LogP contribution >= 0.6 is 0 Å². The Morgan fingerprint density at radius 2 is 1.74 bits per heavy atom. The number of aryl methyl sites for hydroxylation is 1. The van der Waals surface area contributed by atoms with Crippen LogP contribution in [0, 0.1) is 6.92 Å². The summed E-state index contributed by atoms with van der Waals surface area (Å²) in [7, 11) is 3.25. The van der Waals surface area contributed by atoms with Crippen LogP contribution in [0.15, 0.2) is 47.5 Å². The van der Waals surface area contributed by atoms with Crippen LogP contribution in [0.2, 0.25) is 0 Å². The van der Waals surface area contributed by atoms with E-state index < -0.39 is 0 Å². The van der Waals surface area contributed by atoms with E-state index in [2.05, 4.69) is 10.3 Å². The molecule has 2 rings (SSSR count). The number of nitrogens with two attached hydrogens (primary N) is 1. The molecular formula is C18H23N3O2. The lowest BCUT2D eigenvalue weighted by Gasteiger charge is -2.09. The lowest BCUT2D eigenvalue weighted by Crippen LogP contribution is -2.23. The Hall–Kier alpha value is -2.69. The van der Waals surface area contributed by atoms with E-state index in [1.807, 2.05) is 49.4 Å². The number of anilines is 1. The molecule has 0 aliphatic heterocycles. The molecule has 0 spiro atoms. The molecule has 0 atom stereocenters. The first-order chi connectivity index (χ1) is 11.1. The Morgan fingerprint density at radius 3 is 2.39 bits per heavy atom. The molecule has 0 aliphatic rings. The van der Waals surface area contributed by atoms with Gasteiger partial charge in [0, 0.05) is 12.2 Å². The number of rotatable bonds is 6. The van der Waals surface area contributed by atoms with Crippen LogP contribution in [0.4, 0.5) is 5.69 Å². The van der Waals surface area contributed by atoms with Crippen molar-refractivity contribution >= 4 is 11.6 Å². The third kappa shape index (κ3) is 4.92. The van der Waals surface area contributed by atoms with Gasteiger partial charge in [0.25, 0.3) is 0 Å². The van der Waals surface area contributed by atoms with Crippen molar-refractivity contribution in [3.8, 4) is 11.5 Å². The molecule has 0 radical (unpaired) electrons. The zero-order chi connectivity index (χ0) is 16.7. The number of methoxy groups -OCH3 is 2. The molecule has 0 bridgehead atoms. The molecule has 0 aliphatic carbocycles. The molecular weight excluding hydrogens is 290 g/mol. The molecule has 0 amide bonds. The van der Waals surface area contributed by atoms with Gasteiger partial charge in [0.15, 0.2) is 17.5 Å². The summed E-state index contributed by atoms with van der Waals surface area (Å²) in [6.45, 7) is 2.64. The van der Waals surface area contributed by atoms with Gasteiger partial charge in [-0.3, -0.25) is 4.99 Å². The highest BCUT2D eigenvalue weighted by Crippen LogP contribution is 2.27. The molecule has 2 aromatic rings. The minimum Gasteiger partial charge on any atom is -0.493 e. The van der Waals surface area contributed by atoms with E-state index in [4.69, 9.17) is 15.2 Å². The predicted molar refractivity (Wildman–Crippen MR) is 94.5 cm³/mol. The van der Waals surface area contributed by atoms with Gasteiger partial charge < -0.3 is 20.5 Å². The van der Waals surface area contributed by atoms with Crippen LogP contribution in [0.3, 0.4) is 0 Å². The lowest BCUT2D eigenvalue weighted by atomic mass is 10.1. The normalized spacial score (nSPS) is 11.2. The van der Waals surface area contributed by atoms with Crippen molar-refractivity contribution in [2.75, 3.05) is 26.1 Å². The van der Waals surface area contributed by atoms with E-state index in [0.29, 0.717) is 12.5 Å². The van der Waals surface area contributed by atoms with Crippen LogP contribution in [0.5, 0.6) is 11.5 Å². The van der Waals surface area contributed by atoms with Gasteiger partial charge in [0.2, 0.25) is 0 Å². The third-order valence-electron chi connectivity index (χ3n) is 3.45. The molecule has 2 aromatic carbocycles. The van der Waals surface area contributed by atoms with E-state index >= 15 is 0 Å². The average Bonchev–Trinajstić information content (AvgIpc) is 2.56. The number of ether oxygens (including phenoxy) is 2. The van der Waals surface area contributed by atoms with Crippen molar-refractivity contribution in [3.05, 3.63) is 53.6 Å². The van der Waals surface area contributed by atoms with Gasteiger partial charge in [-0.05, 0) is 43.2 Å². The van der Waals surface area contributed by atoms with Crippen LogP contribution in [-0.4, -0.2) is 26.7 Å². The fraction of sp³-hybridized carbons (Fsp3) is 0.278. The standard InChI is InChI=1S/C18H23N3O2/c1-13-4-7-15(8-5-13)21-18(19)20-11-10-14-6-9-16(22-2)17(12-14)23-3/h4-9,12H,10-11H2,1-3H3,(H3,19,20,21). The van der Waals surface area contributed by atoms with Crippen molar-refractivity contribution in [2.45, 2.75) is 13.3 Å². The molecule has 23 heavy (non-hydrogen) atoms. The maximum Gasteiger partial charge on any atom is 0.193 e. The summed E-state index contributed by atoms with van der Waals surface area (Å²) in [4.78, 5) is 4.35. The SMILES string of the molecule is COc1ccc(CCN=C(N)Nc2ccc(C)cc2)cc1OC. The zero-order valence-electron chi connectivity index (χ0n) is 13.8. The van der Waals surface area contributed by atoms with Gasteiger partial charge in [-0.1, -0.05) is 23.8 Å². The third-order valence-corrected chi connectivity index (χ3v) is 3.45. The first-order valence-corrected chi connectivity index (χ1v) is 7.47. The quantitative estimate of drug-likeness (QED) is 0.635. The Bertz CT molecular complexity index is 666. The Labute approximate surface area is 137 Å². The second-order valence-corrected chi connectivity index (χ2v) is 5.20. The summed E-state index contributed by atoms with van der Waals surface area (Å²) in [6, 6.07) is 13.9. The van der Waals surface area contributed by atoms with Gasteiger partial charge >= 0.3 is 0 Å². The van der Waals surface area contributed by atoms with Crippen LogP contribution in [-0.2, 0) is 6.42 Å². The highest BCUT2D eigenvalue weighted by atomic mass is 16.5. The summed E-state index contributed by atoms with van der Waals surface area (Å²) in [6.07, 6.45) is 0.774. The van der Waals surface area contributed by atoms with Crippen LogP contribution in [0.25, 0.3) is 0 Å². The molecule has 5 nitrogen and oxygen atoms in total. The minimum absolute atomic E-state index is 0.411. The molecule has 0 saturated carbocycles. The van der Waals surface area contributed by atoms with E-state index in [-0.39, 0.29) is 0 Å². The maximum absolute atomic E-state index is 5.90. The molecule has 0 aromatic heterocycles. The van der Waals surface area contributed by atoms with Crippen molar-refractivity contribution in [1.29, 1.82) is 0 Å². The van der Waals surface area contributed by atoms with Crippen molar-refractivity contribution in [3.63, 3.8) is 0 Å². The first kappa shape index (κ1) is 16.7. The van der Waals surface area contributed by atoms with Crippen molar-refractivity contribution in [2.24, 2.45) is 10.7 Å². The largest absolute Gasteiger partial charge is 0.493 e. The number of guanidine groups is 1. The van der Waals surface area contributed by atoms with Crippen LogP contribution in [0.1, 0.15) is 11.1 Å². The molecule has 122 valence electrons. The summed E-state index contributed by atoms with van der Waals surface area (Å²) in [5, 5.41) is 3.08. The Balaban J connectivity index is 1.91. The average molecular weight is 313 g/mol. The van der Waals surface area contributed by atoms with E-state index in [1.165, 1.54) is 5.56 Å². The fourth-order valence-electron chi connectivity index (χ4n) is 2.17. The summed E-state index contributed by atoms with van der Waals surface area (Å²) >= 11 is 0. The highest BCUT2D eigenvalue weighted by Gasteiger charge is 2.04. The van der Waals surface area contributed by atoms with E-state index in [9.17, 15) is 0 Å². The first-order valence-electron chi connectivity index (χ1n) is 7.47. The van der Waals surface area contributed by atoms with Gasteiger partial charge in [-0.2, -0.15) is 0 Å². The topological polar surface area (TPSA) is 68.9 Å². The number of nitrogens with one attached hydrogen (secondary N) is 1. The Kier molecular flexibility index (Phi) is 5.86. The second kappa shape index (κ2) is 8.08. The van der Waals surface area contributed by atoms with Crippen LogP contribution < -0.4 is 20.5 Å². The molecule has 0 heterocycles. The molecule has 3 N–H and O–H groups in total. The molecule has 5 heteroatoms. The number of hydrogen-bond acceptors (Lipinski definition) is 3. The number of hydrogen-bond donors (Lipinski definition) is 2. The monoisotopic (exact) mass is 313 g/mol. The smallest absolute Gasteiger partial charge is 0.193 e. The highest BCUT2D eigenvalue weighted by molar-refractivity contribution is 5.92. The molecule has 0 saturated heterocycles. The molecule has 0 unspecified atom stereocenters. The fourth-order valence-corrected chi connectivity index (χ4v) is 2.17. The number of nitrogens with zero attached hydrogens (tertiary/aromatic N) is 1. The van der Waals surface area contributed by atoms with Crippen molar-refractivity contribution < 1.29 is 9.47 Å². The van der Waals surface area contributed by atoms with E-state index in [1.54, 1.807) is 14.2 Å². The van der Waals surface area contributed by atoms with Gasteiger partial charge in [0.05, 0.1) is 14.2 Å². The van der Waals surface area contributed by atoms with E-state index in [0.717, 1.165) is 29.2 Å². The lowest BCUT2D eigenvalue weighted by molar-refractivity contribution is 0.354. The second-order valence-electron chi connectivity index (χ2n) is 5.20. The predicted octanol–water partition coefficient (Wildman–Crippen LogP) is 2.98. The molecule has 0 fully saturated rings. The van der Waals surface area contributed by atoms with Crippen molar-refractivity contribution in [1.82, 2.24) is 0 Å². The maximum atomic E-state index is 5.90. The summed E-state index contributed by atoms with van der Waals surface area (Å²) < 4.78 is 10.5. The minimum atomic E-state index is 0.411. The summed E-state index contributed by atoms with van der Waals surface area (Å²) in [5.41, 5.74) is 9.16. The number of aliphatic imine (C=N–C) groups is 1. The number of benzene rings is 2. The van der Waals surface area contributed by atoms with Gasteiger partial charge in [-0.15, -0.1) is 0 Å². The zero-order valence-corrected chi connectivity index (χ0v) is 13.8. The van der Waals surface area contributed by atoms with Gasteiger partial charge in [-0.25, -0.2) is 0 Å².